The maximum atomic E-state index is 12.1. The number of aromatic carboxylic acids is 1. The van der Waals surface area contributed by atoms with Crippen molar-refractivity contribution in [1.82, 2.24) is 4.72 Å². The average molecular weight is 332 g/mol. The topological polar surface area (TPSA) is 109 Å². The summed E-state index contributed by atoms with van der Waals surface area (Å²) in [7, 11) is -3.84. The minimum absolute atomic E-state index is 0.211. The van der Waals surface area contributed by atoms with Crippen LogP contribution in [0.5, 0.6) is 0 Å². The Hall–Kier alpha value is -1.25. The number of hydrogen-bond acceptors (Lipinski definition) is 5. The molecule has 1 rings (SSSR count). The van der Waals surface area contributed by atoms with Crippen molar-refractivity contribution in [2.45, 2.75) is 24.2 Å². The standard InChI is InChI=1S/C13H20N2O4S2/c1-20-8-4-2-3-7-15-21(18,19)12-6-5-10(14)9-11(12)13(16)17/h5-6,9,15H,2-4,7-8,14H2,1H3,(H,16,17). The summed E-state index contributed by atoms with van der Waals surface area (Å²) >= 11 is 1.75. The fourth-order valence-electron chi connectivity index (χ4n) is 1.78. The van der Waals surface area contributed by atoms with Crippen LogP contribution in [0.2, 0.25) is 0 Å². The van der Waals surface area contributed by atoms with Crippen LogP contribution in [-0.4, -0.2) is 38.0 Å². The number of carboxylic acids is 1. The van der Waals surface area contributed by atoms with Crippen molar-refractivity contribution in [3.05, 3.63) is 23.8 Å². The highest BCUT2D eigenvalue weighted by molar-refractivity contribution is 7.98. The van der Waals surface area contributed by atoms with Crippen LogP contribution in [0, 0.1) is 0 Å². The van der Waals surface area contributed by atoms with Gasteiger partial charge in [0.05, 0.1) is 10.5 Å². The smallest absolute Gasteiger partial charge is 0.337 e. The van der Waals surface area contributed by atoms with Crippen LogP contribution in [0.3, 0.4) is 0 Å². The molecule has 0 spiro atoms. The first-order valence-electron chi connectivity index (χ1n) is 6.50. The molecule has 0 fully saturated rings. The maximum Gasteiger partial charge on any atom is 0.337 e. The summed E-state index contributed by atoms with van der Waals surface area (Å²) in [6, 6.07) is 3.74. The molecule has 0 heterocycles. The number of anilines is 1. The zero-order chi connectivity index (χ0) is 15.9. The molecule has 0 saturated carbocycles. The van der Waals surface area contributed by atoms with Crippen LogP contribution in [0.1, 0.15) is 29.6 Å². The molecular weight excluding hydrogens is 312 g/mol. The van der Waals surface area contributed by atoms with E-state index >= 15 is 0 Å². The lowest BCUT2D eigenvalue weighted by Crippen LogP contribution is -2.26. The fraction of sp³-hybridized carbons (Fsp3) is 0.462. The summed E-state index contributed by atoms with van der Waals surface area (Å²) in [6.07, 6.45) is 4.70. The van der Waals surface area contributed by atoms with Crippen LogP contribution in [0.4, 0.5) is 5.69 Å². The molecule has 0 aromatic heterocycles. The number of nitrogen functional groups attached to an aromatic ring is 1. The number of nitrogens with two attached hydrogens (primary N) is 1. The fourth-order valence-corrected chi connectivity index (χ4v) is 3.53. The van der Waals surface area contributed by atoms with Crippen LogP contribution >= 0.6 is 11.8 Å². The molecule has 0 amide bonds. The lowest BCUT2D eigenvalue weighted by Gasteiger charge is -2.10. The van der Waals surface area contributed by atoms with Crippen LogP contribution in [0.15, 0.2) is 23.1 Å². The van der Waals surface area contributed by atoms with Crippen molar-refractivity contribution >= 4 is 33.4 Å². The largest absolute Gasteiger partial charge is 0.478 e. The Morgan fingerprint density at radius 3 is 2.67 bits per heavy atom. The molecule has 0 radical (unpaired) electrons. The van der Waals surface area contributed by atoms with Gasteiger partial charge in [0.1, 0.15) is 0 Å². The van der Waals surface area contributed by atoms with Gasteiger partial charge >= 0.3 is 5.97 Å². The number of hydrogen-bond donors (Lipinski definition) is 3. The minimum atomic E-state index is -3.84. The van der Waals surface area contributed by atoms with Gasteiger partial charge in [-0.1, -0.05) is 6.42 Å². The molecule has 0 aliphatic rings. The first-order valence-corrected chi connectivity index (χ1v) is 9.37. The van der Waals surface area contributed by atoms with E-state index in [-0.39, 0.29) is 16.1 Å². The van der Waals surface area contributed by atoms with Crippen LogP contribution in [-0.2, 0) is 10.0 Å². The second kappa shape index (κ2) is 8.26. The van der Waals surface area contributed by atoms with Gasteiger partial charge in [0, 0.05) is 12.2 Å². The Kier molecular flexibility index (Phi) is 7.00. The van der Waals surface area contributed by atoms with Crippen molar-refractivity contribution < 1.29 is 18.3 Å². The van der Waals surface area contributed by atoms with Gasteiger partial charge in [-0.05, 0) is 43.0 Å². The summed E-state index contributed by atoms with van der Waals surface area (Å²) in [5.41, 5.74) is 5.39. The molecule has 21 heavy (non-hydrogen) atoms. The summed E-state index contributed by atoms with van der Waals surface area (Å²) in [4.78, 5) is 10.9. The highest BCUT2D eigenvalue weighted by Crippen LogP contribution is 2.19. The third kappa shape index (κ3) is 5.56. The predicted octanol–water partition coefficient (Wildman–Crippen LogP) is 1.78. The van der Waals surface area contributed by atoms with Gasteiger partial charge in [0.15, 0.2) is 0 Å². The Balaban J connectivity index is 2.72. The molecular formula is C13H20N2O4S2. The second-order valence-electron chi connectivity index (χ2n) is 4.51. The Morgan fingerprint density at radius 1 is 1.33 bits per heavy atom. The van der Waals surface area contributed by atoms with Crippen LogP contribution in [0.25, 0.3) is 0 Å². The molecule has 0 aliphatic heterocycles. The van der Waals surface area contributed by atoms with E-state index in [2.05, 4.69) is 4.72 Å². The van der Waals surface area contributed by atoms with Crippen molar-refractivity contribution in [3.8, 4) is 0 Å². The van der Waals surface area contributed by atoms with Crippen molar-refractivity contribution in [3.63, 3.8) is 0 Å². The Bertz CT molecular complexity index is 588. The number of nitrogens with one attached hydrogen (secondary N) is 1. The van der Waals surface area contributed by atoms with E-state index < -0.39 is 16.0 Å². The SMILES string of the molecule is CSCCCCCNS(=O)(=O)c1ccc(N)cc1C(=O)O. The molecule has 0 atom stereocenters. The number of unbranched alkanes of at least 4 members (excludes halogenated alkanes) is 2. The number of rotatable bonds is 9. The van der Waals surface area contributed by atoms with Gasteiger partial charge < -0.3 is 10.8 Å². The Labute approximate surface area is 129 Å². The van der Waals surface area contributed by atoms with Gasteiger partial charge in [0.2, 0.25) is 10.0 Å². The summed E-state index contributed by atoms with van der Waals surface area (Å²) in [5.74, 6) is -0.268. The lowest BCUT2D eigenvalue weighted by atomic mass is 10.2. The van der Waals surface area contributed by atoms with E-state index in [0.717, 1.165) is 31.1 Å². The summed E-state index contributed by atoms with van der Waals surface area (Å²) in [5, 5.41) is 9.07. The third-order valence-corrected chi connectivity index (χ3v) is 5.06. The third-order valence-electron chi connectivity index (χ3n) is 2.84. The normalized spacial score (nSPS) is 11.5. The summed E-state index contributed by atoms with van der Waals surface area (Å²) in [6.45, 7) is 0.292. The number of carbonyl (C=O) groups is 1. The van der Waals surface area contributed by atoms with Crippen molar-refractivity contribution in [2.24, 2.45) is 0 Å². The molecule has 4 N–H and O–H groups in total. The van der Waals surface area contributed by atoms with E-state index in [0.29, 0.717) is 6.54 Å². The van der Waals surface area contributed by atoms with Gasteiger partial charge in [-0.15, -0.1) is 0 Å². The first kappa shape index (κ1) is 17.8. The van der Waals surface area contributed by atoms with Gasteiger partial charge in [0.25, 0.3) is 0 Å². The zero-order valence-electron chi connectivity index (χ0n) is 11.8. The maximum absolute atomic E-state index is 12.1. The van der Waals surface area contributed by atoms with Crippen LogP contribution < -0.4 is 10.5 Å². The molecule has 6 nitrogen and oxygen atoms in total. The minimum Gasteiger partial charge on any atom is -0.478 e. The molecule has 118 valence electrons. The van der Waals surface area contributed by atoms with E-state index in [1.54, 1.807) is 11.8 Å². The molecule has 0 unspecified atom stereocenters. The molecule has 1 aromatic rings. The highest BCUT2D eigenvalue weighted by Gasteiger charge is 2.21. The zero-order valence-corrected chi connectivity index (χ0v) is 13.5. The average Bonchev–Trinajstić information content (AvgIpc) is 2.42. The molecule has 8 heteroatoms. The predicted molar refractivity (Wildman–Crippen MR) is 85.2 cm³/mol. The molecule has 0 aliphatic carbocycles. The number of thioether (sulfide) groups is 1. The Morgan fingerprint density at radius 2 is 2.05 bits per heavy atom. The highest BCUT2D eigenvalue weighted by atomic mass is 32.2. The van der Waals surface area contributed by atoms with Gasteiger partial charge in [-0.2, -0.15) is 11.8 Å². The second-order valence-corrected chi connectivity index (χ2v) is 7.23. The van der Waals surface area contributed by atoms with Crippen molar-refractivity contribution in [1.29, 1.82) is 0 Å². The van der Waals surface area contributed by atoms with E-state index in [4.69, 9.17) is 10.8 Å². The number of sulfonamides is 1. The van der Waals surface area contributed by atoms with E-state index in [1.807, 2.05) is 6.26 Å². The summed E-state index contributed by atoms with van der Waals surface area (Å²) < 4.78 is 26.7. The van der Waals surface area contributed by atoms with Crippen molar-refractivity contribution in [2.75, 3.05) is 24.3 Å². The quantitative estimate of drug-likeness (QED) is 0.470. The van der Waals surface area contributed by atoms with Gasteiger partial charge in [-0.25, -0.2) is 17.9 Å². The lowest BCUT2D eigenvalue weighted by molar-refractivity contribution is 0.0692. The van der Waals surface area contributed by atoms with E-state index in [1.165, 1.54) is 12.1 Å². The molecule has 0 bridgehead atoms. The van der Waals surface area contributed by atoms with Gasteiger partial charge in [-0.3, -0.25) is 0 Å². The molecule has 1 aromatic carbocycles. The number of benzene rings is 1. The molecule has 0 saturated heterocycles. The first-order chi connectivity index (χ1) is 9.88. The number of carboxylic acid groups (broad SMARTS) is 1. The monoisotopic (exact) mass is 332 g/mol. The van der Waals surface area contributed by atoms with E-state index in [9.17, 15) is 13.2 Å².